The average Bonchev–Trinajstić information content (AvgIpc) is 2.91. The van der Waals surface area contributed by atoms with Crippen LogP contribution < -0.4 is 9.21 Å². The van der Waals surface area contributed by atoms with Gasteiger partial charge in [0.1, 0.15) is 6.54 Å². The van der Waals surface area contributed by atoms with Crippen molar-refractivity contribution in [2.24, 2.45) is 0 Å². The molecular weight excluding hydrogens is 596 g/mol. The second-order valence-corrected chi connectivity index (χ2v) is 11.7. The van der Waals surface area contributed by atoms with Crippen molar-refractivity contribution < 1.29 is 39.6 Å². The first-order chi connectivity index (χ1) is 19.1. The van der Waals surface area contributed by atoms with Crippen LogP contribution in [0.2, 0.25) is 5.02 Å². The van der Waals surface area contributed by atoms with Gasteiger partial charge in [0.2, 0.25) is 5.91 Å². The molecule has 6 nitrogen and oxygen atoms in total. The highest BCUT2D eigenvalue weighted by molar-refractivity contribution is 7.92. The van der Waals surface area contributed by atoms with Crippen LogP contribution in [0.15, 0.2) is 71.6 Å². The Bertz CT molecular complexity index is 1520. The van der Waals surface area contributed by atoms with E-state index in [9.17, 15) is 39.6 Å². The molecule has 1 saturated heterocycles. The molecule has 1 amide bonds. The molecule has 0 N–H and O–H groups in total. The summed E-state index contributed by atoms with van der Waals surface area (Å²) in [4.78, 5) is 16.1. The number of amides is 1. The number of halogens is 7. The molecule has 220 valence electrons. The second kappa shape index (κ2) is 11.4. The summed E-state index contributed by atoms with van der Waals surface area (Å²) in [5, 5.41) is -0.633. The van der Waals surface area contributed by atoms with E-state index in [-0.39, 0.29) is 31.1 Å². The van der Waals surface area contributed by atoms with Crippen LogP contribution in [0.3, 0.4) is 0 Å². The fraction of sp³-hybridized carbons (Fsp3) is 0.296. The van der Waals surface area contributed by atoms with Crippen LogP contribution in [0.25, 0.3) is 0 Å². The molecule has 1 aliphatic heterocycles. The summed E-state index contributed by atoms with van der Waals surface area (Å²) >= 11 is 5.73. The number of sulfonamides is 1. The number of alkyl halides is 6. The highest BCUT2D eigenvalue weighted by atomic mass is 35.5. The van der Waals surface area contributed by atoms with Gasteiger partial charge in [0, 0.05) is 31.9 Å². The molecule has 0 saturated carbocycles. The summed E-state index contributed by atoms with van der Waals surface area (Å²) in [6.07, 6.45) is -9.40. The second-order valence-electron chi connectivity index (χ2n) is 9.40. The summed E-state index contributed by atoms with van der Waals surface area (Å²) in [6.45, 7) is 1.36. The maximum absolute atomic E-state index is 13.6. The van der Waals surface area contributed by atoms with Crippen molar-refractivity contribution in [3.63, 3.8) is 0 Å². The van der Waals surface area contributed by atoms with Crippen LogP contribution in [0.4, 0.5) is 37.7 Å². The van der Waals surface area contributed by atoms with E-state index in [0.29, 0.717) is 16.1 Å². The molecule has 0 spiro atoms. The third-order valence-electron chi connectivity index (χ3n) is 6.60. The Hall–Kier alpha value is -3.45. The van der Waals surface area contributed by atoms with Crippen molar-refractivity contribution in [1.82, 2.24) is 4.90 Å². The summed E-state index contributed by atoms with van der Waals surface area (Å²) < 4.78 is 108. The fourth-order valence-corrected chi connectivity index (χ4v) is 5.98. The van der Waals surface area contributed by atoms with Gasteiger partial charge in [0.25, 0.3) is 10.0 Å². The lowest BCUT2D eigenvalue weighted by atomic mass is 10.1. The van der Waals surface area contributed by atoms with Gasteiger partial charge in [-0.1, -0.05) is 35.4 Å². The van der Waals surface area contributed by atoms with Gasteiger partial charge in [-0.05, 0) is 55.5 Å². The van der Waals surface area contributed by atoms with E-state index in [2.05, 4.69) is 0 Å². The van der Waals surface area contributed by atoms with Crippen LogP contribution in [-0.4, -0.2) is 51.9 Å². The summed E-state index contributed by atoms with van der Waals surface area (Å²) in [5.41, 5.74) is -1.42. The van der Waals surface area contributed by atoms with E-state index < -0.39 is 56.7 Å². The number of benzene rings is 3. The predicted molar refractivity (Wildman–Crippen MR) is 142 cm³/mol. The van der Waals surface area contributed by atoms with E-state index in [1.807, 2.05) is 0 Å². The van der Waals surface area contributed by atoms with Crippen LogP contribution in [0.1, 0.15) is 16.7 Å². The lowest BCUT2D eigenvalue weighted by Crippen LogP contribution is -2.52. The number of carbonyl (C=O) groups is 1. The lowest BCUT2D eigenvalue weighted by Gasteiger charge is -2.37. The zero-order chi connectivity index (χ0) is 30.2. The third kappa shape index (κ3) is 6.89. The molecule has 1 fully saturated rings. The normalized spacial score (nSPS) is 14.7. The predicted octanol–water partition coefficient (Wildman–Crippen LogP) is 6.23. The highest BCUT2D eigenvalue weighted by Gasteiger charge is 2.36. The van der Waals surface area contributed by atoms with Gasteiger partial charge >= 0.3 is 12.4 Å². The fourth-order valence-electron chi connectivity index (χ4n) is 4.35. The van der Waals surface area contributed by atoms with Crippen molar-refractivity contribution >= 4 is 38.9 Å². The van der Waals surface area contributed by atoms with Crippen LogP contribution in [0, 0.1) is 6.92 Å². The summed E-state index contributed by atoms with van der Waals surface area (Å²) in [5.74, 6) is -0.687. The Labute approximate surface area is 237 Å². The quantitative estimate of drug-likeness (QED) is 0.307. The monoisotopic (exact) mass is 619 g/mol. The Balaban J connectivity index is 1.59. The summed E-state index contributed by atoms with van der Waals surface area (Å²) in [7, 11) is -4.49. The first-order valence-corrected chi connectivity index (χ1v) is 14.1. The standard InChI is InChI=1S/C27H24ClF6N3O3S/c1-18-5-8-22(9-6-18)41(39,40)37(21-7-10-24(28)23(16-21)27(32,33)34)17-25(38)36-13-11-35(12-14-36)20-4-2-3-19(15-20)26(29,30)31/h2-10,15-16H,11-14,17H2,1H3. The van der Waals surface area contributed by atoms with Crippen molar-refractivity contribution in [2.45, 2.75) is 24.2 Å². The number of hydrogen-bond acceptors (Lipinski definition) is 4. The van der Waals surface area contributed by atoms with Gasteiger partial charge in [-0.2, -0.15) is 26.3 Å². The Kier molecular flexibility index (Phi) is 8.51. The number of rotatable bonds is 6. The van der Waals surface area contributed by atoms with Crippen molar-refractivity contribution in [2.75, 3.05) is 41.9 Å². The molecule has 0 radical (unpaired) electrons. The van der Waals surface area contributed by atoms with Crippen LogP contribution >= 0.6 is 11.6 Å². The molecular formula is C27H24ClF6N3O3S. The molecule has 0 unspecified atom stereocenters. The minimum absolute atomic E-state index is 0.0575. The molecule has 4 rings (SSSR count). The average molecular weight is 620 g/mol. The number of hydrogen-bond donors (Lipinski definition) is 0. The molecule has 3 aromatic rings. The van der Waals surface area contributed by atoms with E-state index >= 15 is 0 Å². The molecule has 1 heterocycles. The van der Waals surface area contributed by atoms with E-state index in [1.165, 1.54) is 41.3 Å². The SMILES string of the molecule is Cc1ccc(S(=O)(=O)N(CC(=O)N2CCN(c3cccc(C(F)(F)F)c3)CC2)c2ccc(Cl)c(C(F)(F)F)c2)cc1. The zero-order valence-electron chi connectivity index (χ0n) is 21.5. The minimum atomic E-state index is -4.88. The maximum Gasteiger partial charge on any atom is 0.417 e. The van der Waals surface area contributed by atoms with Gasteiger partial charge in [-0.15, -0.1) is 0 Å². The first kappa shape index (κ1) is 30.5. The van der Waals surface area contributed by atoms with E-state index in [1.54, 1.807) is 11.8 Å². The molecule has 3 aromatic carbocycles. The van der Waals surface area contributed by atoms with Crippen molar-refractivity contribution in [3.05, 3.63) is 88.4 Å². The number of carbonyl (C=O) groups excluding carboxylic acids is 1. The highest BCUT2D eigenvalue weighted by Crippen LogP contribution is 2.38. The molecule has 14 heteroatoms. The van der Waals surface area contributed by atoms with E-state index in [4.69, 9.17) is 11.6 Å². The van der Waals surface area contributed by atoms with Crippen LogP contribution in [-0.2, 0) is 27.2 Å². The number of aryl methyl sites for hydroxylation is 1. The molecule has 1 aliphatic rings. The number of piperazine rings is 1. The Morgan fingerprint density at radius 1 is 0.878 bits per heavy atom. The molecule has 0 bridgehead atoms. The zero-order valence-corrected chi connectivity index (χ0v) is 23.1. The van der Waals surface area contributed by atoms with Gasteiger partial charge in [-0.25, -0.2) is 8.42 Å². The van der Waals surface area contributed by atoms with Gasteiger partial charge in [0.05, 0.1) is 26.7 Å². The number of anilines is 2. The third-order valence-corrected chi connectivity index (χ3v) is 8.72. The van der Waals surface area contributed by atoms with Crippen molar-refractivity contribution in [1.29, 1.82) is 0 Å². The van der Waals surface area contributed by atoms with Gasteiger partial charge in [-0.3, -0.25) is 9.10 Å². The summed E-state index contributed by atoms with van der Waals surface area (Å²) in [6, 6.07) is 12.9. The Morgan fingerprint density at radius 2 is 1.51 bits per heavy atom. The largest absolute Gasteiger partial charge is 0.417 e. The smallest absolute Gasteiger partial charge is 0.368 e. The van der Waals surface area contributed by atoms with Gasteiger partial charge in [0.15, 0.2) is 0 Å². The molecule has 0 atom stereocenters. The molecule has 0 aliphatic carbocycles. The van der Waals surface area contributed by atoms with Crippen molar-refractivity contribution in [3.8, 4) is 0 Å². The van der Waals surface area contributed by atoms with Gasteiger partial charge < -0.3 is 9.80 Å². The van der Waals surface area contributed by atoms with Crippen LogP contribution in [0.5, 0.6) is 0 Å². The minimum Gasteiger partial charge on any atom is -0.368 e. The lowest BCUT2D eigenvalue weighted by molar-refractivity contribution is -0.138. The van der Waals surface area contributed by atoms with E-state index in [0.717, 1.165) is 29.8 Å². The maximum atomic E-state index is 13.6. The number of nitrogens with zero attached hydrogens (tertiary/aromatic N) is 3. The topological polar surface area (TPSA) is 60.9 Å². The molecule has 41 heavy (non-hydrogen) atoms. The first-order valence-electron chi connectivity index (χ1n) is 12.2. The Morgan fingerprint density at radius 3 is 2.10 bits per heavy atom. The molecule has 0 aromatic heterocycles.